The van der Waals surface area contributed by atoms with Gasteiger partial charge in [0.15, 0.2) is 5.71 Å². The van der Waals surface area contributed by atoms with Crippen molar-refractivity contribution < 1.29 is 14.3 Å². The zero-order valence-electron chi connectivity index (χ0n) is 21.7. The first-order valence-electron chi connectivity index (χ1n) is 11.8. The van der Waals surface area contributed by atoms with Crippen molar-refractivity contribution in [2.45, 2.75) is 72.3 Å². The molecule has 1 atom stereocenters. The minimum absolute atomic E-state index is 0.0141. The van der Waals surface area contributed by atoms with Crippen LogP contribution in [0.15, 0.2) is 46.5 Å². The lowest BCUT2D eigenvalue weighted by Gasteiger charge is -2.24. The van der Waals surface area contributed by atoms with Gasteiger partial charge in [0.25, 0.3) is 5.91 Å². The summed E-state index contributed by atoms with van der Waals surface area (Å²) in [6.07, 6.45) is 2.85. The van der Waals surface area contributed by atoms with E-state index in [4.69, 9.17) is 26.9 Å². The smallest absolute Gasteiger partial charge is 0.278 e. The molecular formula is C27H37ClN4O3. The monoisotopic (exact) mass is 500 g/mol. The van der Waals surface area contributed by atoms with Gasteiger partial charge in [-0.05, 0) is 61.1 Å². The molecule has 2 aromatic carbocycles. The van der Waals surface area contributed by atoms with E-state index in [0.29, 0.717) is 33.6 Å². The number of hydrogen-bond donors (Lipinski definition) is 2. The molecule has 0 fully saturated rings. The summed E-state index contributed by atoms with van der Waals surface area (Å²) in [4.78, 5) is 17.8. The number of amides is 1. The maximum Gasteiger partial charge on any atom is 0.278 e. The molecule has 7 nitrogen and oxygen atoms in total. The van der Waals surface area contributed by atoms with Gasteiger partial charge in [-0.25, -0.2) is 4.99 Å². The number of halogens is 1. The molecule has 1 unspecified atom stereocenters. The van der Waals surface area contributed by atoms with Crippen molar-refractivity contribution >= 4 is 40.3 Å². The van der Waals surface area contributed by atoms with Gasteiger partial charge in [-0.3, -0.25) is 4.79 Å². The molecule has 0 aliphatic heterocycles. The Morgan fingerprint density at radius 2 is 1.83 bits per heavy atom. The molecule has 190 valence electrons. The number of rotatable bonds is 10. The standard InChI is InChI=1S/C27H37ClN4O3/c1-8-10-20(9-2)35-24-13-11-18(27(4,5)6)15-21(24)31-26(33)25(32-29)17(3)30-22-16-19(28)12-14-23(22)34-7/h11-16,20H,8-10,29H2,1-7H3,(H,31,33)/b30-17?,32-25+. The first-order chi connectivity index (χ1) is 16.5. The molecule has 0 heterocycles. The number of aliphatic imine (C=N–C) groups is 1. The molecule has 1 amide bonds. The largest absolute Gasteiger partial charge is 0.494 e. The van der Waals surface area contributed by atoms with Crippen molar-refractivity contribution in [3.8, 4) is 11.5 Å². The highest BCUT2D eigenvalue weighted by molar-refractivity contribution is 6.68. The van der Waals surface area contributed by atoms with Crippen LogP contribution in [0.4, 0.5) is 11.4 Å². The van der Waals surface area contributed by atoms with E-state index in [2.05, 4.69) is 50.0 Å². The van der Waals surface area contributed by atoms with Crippen LogP contribution < -0.4 is 20.6 Å². The van der Waals surface area contributed by atoms with Crippen LogP contribution in [0.5, 0.6) is 11.5 Å². The minimum atomic E-state index is -0.491. The molecule has 2 aromatic rings. The molecule has 0 saturated carbocycles. The number of carbonyl (C=O) groups excluding carboxylic acids is 1. The quantitative estimate of drug-likeness (QED) is 0.217. The van der Waals surface area contributed by atoms with Crippen molar-refractivity contribution in [3.63, 3.8) is 0 Å². The summed E-state index contributed by atoms with van der Waals surface area (Å²) in [7, 11) is 1.54. The molecule has 2 rings (SSSR count). The number of anilines is 1. The average molecular weight is 501 g/mol. The third kappa shape index (κ3) is 7.72. The van der Waals surface area contributed by atoms with Crippen LogP contribution in [0, 0.1) is 0 Å². The van der Waals surface area contributed by atoms with E-state index in [-0.39, 0.29) is 17.2 Å². The lowest BCUT2D eigenvalue weighted by molar-refractivity contribution is -0.110. The van der Waals surface area contributed by atoms with Crippen molar-refractivity contribution in [2.24, 2.45) is 15.9 Å². The highest BCUT2D eigenvalue weighted by atomic mass is 35.5. The Kier molecular flexibility index (Phi) is 10.1. The van der Waals surface area contributed by atoms with Crippen LogP contribution in [0.1, 0.15) is 66.4 Å². The van der Waals surface area contributed by atoms with E-state index < -0.39 is 5.91 Å². The summed E-state index contributed by atoms with van der Waals surface area (Å²) in [6, 6.07) is 10.9. The second-order valence-electron chi connectivity index (χ2n) is 9.34. The van der Waals surface area contributed by atoms with E-state index in [1.165, 1.54) is 7.11 Å². The number of nitrogens with two attached hydrogens (primary N) is 1. The Morgan fingerprint density at radius 3 is 2.40 bits per heavy atom. The van der Waals surface area contributed by atoms with Gasteiger partial charge >= 0.3 is 0 Å². The molecule has 0 radical (unpaired) electrons. The van der Waals surface area contributed by atoms with Crippen molar-refractivity contribution in [2.75, 3.05) is 12.4 Å². The lowest BCUT2D eigenvalue weighted by Crippen LogP contribution is -2.30. The number of nitrogens with zero attached hydrogens (tertiary/aromatic N) is 2. The van der Waals surface area contributed by atoms with Crippen LogP contribution in [-0.4, -0.2) is 30.5 Å². The zero-order chi connectivity index (χ0) is 26.2. The van der Waals surface area contributed by atoms with E-state index in [1.807, 2.05) is 18.2 Å². The Morgan fingerprint density at radius 1 is 1.14 bits per heavy atom. The Bertz CT molecular complexity index is 1090. The van der Waals surface area contributed by atoms with E-state index in [0.717, 1.165) is 24.8 Å². The van der Waals surface area contributed by atoms with Gasteiger partial charge in [0.1, 0.15) is 17.2 Å². The predicted octanol–water partition coefficient (Wildman–Crippen LogP) is 6.65. The second-order valence-corrected chi connectivity index (χ2v) is 9.78. The molecule has 0 bridgehead atoms. The van der Waals surface area contributed by atoms with Crippen LogP contribution in [0.2, 0.25) is 5.02 Å². The highest BCUT2D eigenvalue weighted by Crippen LogP contribution is 2.33. The Balaban J connectivity index is 2.42. The van der Waals surface area contributed by atoms with Crippen molar-refractivity contribution in [1.29, 1.82) is 0 Å². The molecular weight excluding hydrogens is 464 g/mol. The molecule has 0 spiro atoms. The third-order valence-electron chi connectivity index (χ3n) is 5.57. The van der Waals surface area contributed by atoms with Gasteiger partial charge in [-0.15, -0.1) is 0 Å². The predicted molar refractivity (Wildman–Crippen MR) is 146 cm³/mol. The number of carbonyl (C=O) groups is 1. The molecule has 0 aliphatic carbocycles. The number of ether oxygens (including phenoxy) is 2. The molecule has 3 N–H and O–H groups in total. The number of methoxy groups -OCH3 is 1. The maximum absolute atomic E-state index is 13.3. The van der Waals surface area contributed by atoms with Gasteiger partial charge in [-0.2, -0.15) is 5.10 Å². The molecule has 35 heavy (non-hydrogen) atoms. The first kappa shape index (κ1) is 28.2. The number of hydrazone groups is 1. The second kappa shape index (κ2) is 12.6. The molecule has 0 aromatic heterocycles. The fourth-order valence-corrected chi connectivity index (χ4v) is 3.69. The van der Waals surface area contributed by atoms with Crippen LogP contribution in [0.25, 0.3) is 0 Å². The summed E-state index contributed by atoms with van der Waals surface area (Å²) < 4.78 is 11.6. The minimum Gasteiger partial charge on any atom is -0.494 e. The van der Waals surface area contributed by atoms with Gasteiger partial charge in [0.05, 0.1) is 24.6 Å². The number of hydrogen-bond acceptors (Lipinski definition) is 6. The number of benzene rings is 2. The molecule has 8 heteroatoms. The van der Waals surface area contributed by atoms with Crippen LogP contribution in [-0.2, 0) is 10.2 Å². The summed E-state index contributed by atoms with van der Waals surface area (Å²) in [5, 5.41) is 7.16. The molecule has 0 saturated heterocycles. The van der Waals surface area contributed by atoms with E-state index in [9.17, 15) is 4.79 Å². The van der Waals surface area contributed by atoms with Crippen molar-refractivity contribution in [3.05, 3.63) is 47.0 Å². The zero-order valence-corrected chi connectivity index (χ0v) is 22.5. The fraction of sp³-hybridized carbons (Fsp3) is 0.444. The summed E-state index contributed by atoms with van der Waals surface area (Å²) in [5.74, 6) is 6.25. The van der Waals surface area contributed by atoms with Gasteiger partial charge < -0.3 is 20.6 Å². The van der Waals surface area contributed by atoms with Gasteiger partial charge in [0.2, 0.25) is 0 Å². The Hall–Kier alpha value is -3.06. The number of nitrogens with one attached hydrogen (secondary N) is 1. The van der Waals surface area contributed by atoms with E-state index in [1.54, 1.807) is 25.1 Å². The highest BCUT2D eigenvalue weighted by Gasteiger charge is 2.22. The molecule has 0 aliphatic rings. The topological polar surface area (TPSA) is 98.3 Å². The SMILES string of the molecule is CCCC(CC)Oc1ccc(C(C)(C)C)cc1NC(=O)/C(=N/N)C(C)=Nc1cc(Cl)ccc1OC. The summed E-state index contributed by atoms with van der Waals surface area (Å²) in [6.45, 7) is 12.2. The Labute approximate surface area is 213 Å². The van der Waals surface area contributed by atoms with Crippen LogP contribution >= 0.6 is 11.6 Å². The summed E-state index contributed by atoms with van der Waals surface area (Å²) >= 11 is 6.11. The lowest BCUT2D eigenvalue weighted by atomic mass is 9.86. The first-order valence-corrected chi connectivity index (χ1v) is 12.2. The average Bonchev–Trinajstić information content (AvgIpc) is 2.79. The van der Waals surface area contributed by atoms with Gasteiger partial charge in [-0.1, -0.05) is 58.7 Å². The summed E-state index contributed by atoms with van der Waals surface area (Å²) in [5.41, 5.74) is 2.28. The maximum atomic E-state index is 13.3. The third-order valence-corrected chi connectivity index (χ3v) is 5.80. The van der Waals surface area contributed by atoms with Crippen LogP contribution in [0.3, 0.4) is 0 Å². The fourth-order valence-electron chi connectivity index (χ4n) is 3.53. The van der Waals surface area contributed by atoms with E-state index >= 15 is 0 Å². The van der Waals surface area contributed by atoms with Crippen molar-refractivity contribution in [1.82, 2.24) is 0 Å². The normalized spacial score (nSPS) is 13.4. The van der Waals surface area contributed by atoms with Gasteiger partial charge in [0, 0.05) is 5.02 Å².